The molecule has 0 unspecified atom stereocenters. The van der Waals surface area contributed by atoms with E-state index in [1.165, 1.54) is 10.6 Å². The van der Waals surface area contributed by atoms with E-state index in [4.69, 9.17) is 4.74 Å². The van der Waals surface area contributed by atoms with E-state index in [0.717, 1.165) is 5.56 Å². The fourth-order valence-corrected chi connectivity index (χ4v) is 4.16. The van der Waals surface area contributed by atoms with Gasteiger partial charge in [0.05, 0.1) is 30.7 Å². The quantitative estimate of drug-likeness (QED) is 0.814. The van der Waals surface area contributed by atoms with E-state index in [9.17, 15) is 13.2 Å². The van der Waals surface area contributed by atoms with Crippen LogP contribution in [0.4, 0.5) is 5.69 Å². The number of rotatable bonds is 2. The number of anilines is 1. The first kappa shape index (κ1) is 16.3. The van der Waals surface area contributed by atoms with Gasteiger partial charge in [-0.25, -0.2) is 8.42 Å². The zero-order valence-corrected chi connectivity index (χ0v) is 14.5. The normalized spacial score (nSPS) is 24.7. The number of benzene rings is 1. The van der Waals surface area contributed by atoms with Crippen molar-refractivity contribution in [3.05, 3.63) is 29.3 Å². The maximum atomic E-state index is 12.8. The number of nitrogens with zero attached hydrogens (tertiary/aromatic N) is 2. The second kappa shape index (κ2) is 5.79. The Hall–Kier alpha value is -1.60. The second-order valence-electron chi connectivity index (χ2n) is 6.38. The first-order valence-corrected chi connectivity index (χ1v) is 9.65. The van der Waals surface area contributed by atoms with Crippen LogP contribution in [0.25, 0.3) is 0 Å². The summed E-state index contributed by atoms with van der Waals surface area (Å²) < 4.78 is 30.5. The van der Waals surface area contributed by atoms with Gasteiger partial charge in [0.25, 0.3) is 5.91 Å². The number of fused-ring (bicyclic) bond motifs is 1. The summed E-state index contributed by atoms with van der Waals surface area (Å²) in [6.45, 7) is 5.49. The Balaban J connectivity index is 1.87. The summed E-state index contributed by atoms with van der Waals surface area (Å²) in [5.41, 5.74) is 2.21. The third kappa shape index (κ3) is 3.07. The molecule has 126 valence electrons. The van der Waals surface area contributed by atoms with Crippen LogP contribution in [0.2, 0.25) is 0 Å². The predicted octanol–water partition coefficient (Wildman–Crippen LogP) is 1.26. The monoisotopic (exact) mass is 338 g/mol. The molecule has 6 nitrogen and oxygen atoms in total. The highest BCUT2D eigenvalue weighted by Gasteiger charge is 2.30. The molecule has 23 heavy (non-hydrogen) atoms. The first-order valence-electron chi connectivity index (χ1n) is 7.80. The maximum absolute atomic E-state index is 12.8. The zero-order valence-electron chi connectivity index (χ0n) is 13.7. The summed E-state index contributed by atoms with van der Waals surface area (Å²) in [6, 6.07) is 5.33. The molecule has 0 aliphatic carbocycles. The molecule has 7 heteroatoms. The molecular formula is C16H22N2O4S. The Labute approximate surface area is 137 Å². The van der Waals surface area contributed by atoms with Crippen LogP contribution in [0.15, 0.2) is 18.2 Å². The average molecular weight is 338 g/mol. The van der Waals surface area contributed by atoms with Gasteiger partial charge in [-0.15, -0.1) is 0 Å². The van der Waals surface area contributed by atoms with Crippen LogP contribution in [0.5, 0.6) is 0 Å². The van der Waals surface area contributed by atoms with Crippen LogP contribution < -0.4 is 4.31 Å². The molecule has 1 aromatic rings. The van der Waals surface area contributed by atoms with Gasteiger partial charge in [-0.1, -0.05) is 0 Å². The van der Waals surface area contributed by atoms with Gasteiger partial charge in [-0.05, 0) is 44.0 Å². The molecule has 1 fully saturated rings. The number of hydrogen-bond donors (Lipinski definition) is 0. The molecule has 0 spiro atoms. The van der Waals surface area contributed by atoms with E-state index in [0.29, 0.717) is 37.4 Å². The summed E-state index contributed by atoms with van der Waals surface area (Å²) in [5.74, 6) is -0.0201. The lowest BCUT2D eigenvalue weighted by Gasteiger charge is -2.37. The van der Waals surface area contributed by atoms with Crippen molar-refractivity contribution in [3.8, 4) is 0 Å². The number of carbonyl (C=O) groups excluding carboxylic acids is 1. The zero-order chi connectivity index (χ0) is 16.8. The van der Waals surface area contributed by atoms with Crippen LogP contribution in [-0.4, -0.2) is 57.3 Å². The van der Waals surface area contributed by atoms with Crippen molar-refractivity contribution in [2.24, 2.45) is 0 Å². The number of sulfonamides is 1. The first-order chi connectivity index (χ1) is 10.8. The van der Waals surface area contributed by atoms with Crippen molar-refractivity contribution in [2.75, 3.05) is 30.3 Å². The summed E-state index contributed by atoms with van der Waals surface area (Å²) in [6.07, 6.45) is 1.88. The van der Waals surface area contributed by atoms with E-state index < -0.39 is 10.0 Å². The highest BCUT2D eigenvalue weighted by Crippen LogP contribution is 2.31. The maximum Gasteiger partial charge on any atom is 0.254 e. The van der Waals surface area contributed by atoms with E-state index in [-0.39, 0.29) is 18.1 Å². The van der Waals surface area contributed by atoms with Gasteiger partial charge in [0.15, 0.2) is 0 Å². The molecule has 3 rings (SSSR count). The Morgan fingerprint density at radius 2 is 2.04 bits per heavy atom. The highest BCUT2D eigenvalue weighted by atomic mass is 32.2. The third-order valence-electron chi connectivity index (χ3n) is 4.45. The van der Waals surface area contributed by atoms with Crippen LogP contribution in [0.3, 0.4) is 0 Å². The number of amides is 1. The van der Waals surface area contributed by atoms with E-state index in [1.807, 2.05) is 24.8 Å². The van der Waals surface area contributed by atoms with E-state index in [1.54, 1.807) is 12.1 Å². The van der Waals surface area contributed by atoms with Gasteiger partial charge in [0.1, 0.15) is 0 Å². The molecular weight excluding hydrogens is 316 g/mol. The minimum absolute atomic E-state index is 0.0201. The summed E-state index contributed by atoms with van der Waals surface area (Å²) in [7, 11) is -3.26. The third-order valence-corrected chi connectivity index (χ3v) is 5.63. The predicted molar refractivity (Wildman–Crippen MR) is 88.2 cm³/mol. The van der Waals surface area contributed by atoms with E-state index >= 15 is 0 Å². The van der Waals surface area contributed by atoms with Crippen molar-refractivity contribution in [3.63, 3.8) is 0 Å². The Bertz CT molecular complexity index is 732. The SMILES string of the molecule is C[C@@H]1CO[C@@H](C)CN1C(=O)c1ccc2c(c1)CCN2S(C)(=O)=O. The summed E-state index contributed by atoms with van der Waals surface area (Å²) >= 11 is 0. The van der Waals surface area contributed by atoms with Crippen LogP contribution >= 0.6 is 0 Å². The van der Waals surface area contributed by atoms with Crippen molar-refractivity contribution < 1.29 is 17.9 Å². The molecule has 1 aromatic carbocycles. The molecule has 0 N–H and O–H groups in total. The molecule has 2 aliphatic rings. The molecule has 2 aliphatic heterocycles. The minimum Gasteiger partial charge on any atom is -0.375 e. The minimum atomic E-state index is -3.26. The molecule has 2 atom stereocenters. The lowest BCUT2D eigenvalue weighted by molar-refractivity contribution is -0.0387. The van der Waals surface area contributed by atoms with Crippen molar-refractivity contribution in [1.82, 2.24) is 4.90 Å². The van der Waals surface area contributed by atoms with Crippen molar-refractivity contribution >= 4 is 21.6 Å². The van der Waals surface area contributed by atoms with E-state index in [2.05, 4.69) is 0 Å². The number of morpholine rings is 1. The number of carbonyl (C=O) groups is 1. The fraction of sp³-hybridized carbons (Fsp3) is 0.562. The Morgan fingerprint density at radius 1 is 1.30 bits per heavy atom. The average Bonchev–Trinajstić information content (AvgIpc) is 2.92. The molecule has 0 radical (unpaired) electrons. The van der Waals surface area contributed by atoms with Gasteiger partial charge in [-0.2, -0.15) is 0 Å². The number of hydrogen-bond acceptors (Lipinski definition) is 4. The van der Waals surface area contributed by atoms with Gasteiger partial charge < -0.3 is 9.64 Å². The molecule has 2 heterocycles. The van der Waals surface area contributed by atoms with Gasteiger partial charge in [-0.3, -0.25) is 9.10 Å². The largest absolute Gasteiger partial charge is 0.375 e. The van der Waals surface area contributed by atoms with Crippen molar-refractivity contribution in [2.45, 2.75) is 32.4 Å². The van der Waals surface area contributed by atoms with Gasteiger partial charge in [0.2, 0.25) is 10.0 Å². The highest BCUT2D eigenvalue weighted by molar-refractivity contribution is 7.92. The molecule has 0 aromatic heterocycles. The second-order valence-corrected chi connectivity index (χ2v) is 8.29. The fourth-order valence-electron chi connectivity index (χ4n) is 3.20. The summed E-state index contributed by atoms with van der Waals surface area (Å²) in [5, 5.41) is 0. The van der Waals surface area contributed by atoms with Gasteiger partial charge in [0, 0.05) is 18.7 Å². The molecule has 1 amide bonds. The van der Waals surface area contributed by atoms with Crippen LogP contribution in [-0.2, 0) is 21.2 Å². The topological polar surface area (TPSA) is 66.9 Å². The van der Waals surface area contributed by atoms with Crippen LogP contribution in [0, 0.1) is 0 Å². The summed E-state index contributed by atoms with van der Waals surface area (Å²) in [4.78, 5) is 14.6. The van der Waals surface area contributed by atoms with Crippen molar-refractivity contribution in [1.29, 1.82) is 0 Å². The Morgan fingerprint density at radius 3 is 2.74 bits per heavy atom. The van der Waals surface area contributed by atoms with Crippen LogP contribution in [0.1, 0.15) is 29.8 Å². The molecule has 1 saturated heterocycles. The molecule has 0 saturated carbocycles. The lowest BCUT2D eigenvalue weighted by Crippen LogP contribution is -2.50. The Kier molecular flexibility index (Phi) is 4.10. The molecule has 0 bridgehead atoms. The standard InChI is InChI=1S/C16H22N2O4S/c1-11-10-22-12(2)9-17(11)16(19)14-4-5-15-13(8-14)6-7-18(15)23(3,20)21/h4-5,8,11-12H,6-7,9-10H2,1-3H3/t11-,12+/m1/s1. The van der Waals surface area contributed by atoms with Gasteiger partial charge >= 0.3 is 0 Å². The number of ether oxygens (including phenoxy) is 1. The smallest absolute Gasteiger partial charge is 0.254 e. The lowest BCUT2D eigenvalue weighted by atomic mass is 10.1.